The second kappa shape index (κ2) is 7.23. The van der Waals surface area contributed by atoms with Crippen LogP contribution in [-0.2, 0) is 17.8 Å². The summed E-state index contributed by atoms with van der Waals surface area (Å²) in [6.07, 6.45) is 0.321. The summed E-state index contributed by atoms with van der Waals surface area (Å²) >= 11 is 1.58. The Morgan fingerprint density at radius 2 is 2.04 bits per heavy atom. The van der Waals surface area contributed by atoms with Gasteiger partial charge in [0.1, 0.15) is 10.8 Å². The molecular formula is C20H23N5OS. The molecule has 0 aliphatic carbocycles. The van der Waals surface area contributed by atoms with E-state index in [0.717, 1.165) is 27.9 Å². The molecule has 27 heavy (non-hydrogen) atoms. The first kappa shape index (κ1) is 17.9. The normalized spacial score (nSPS) is 16.6. The molecule has 0 fully saturated rings. The van der Waals surface area contributed by atoms with Gasteiger partial charge in [0.2, 0.25) is 5.91 Å². The van der Waals surface area contributed by atoms with Crippen molar-refractivity contribution in [1.29, 1.82) is 0 Å². The number of thiazole rings is 1. The monoisotopic (exact) mass is 381 g/mol. The molecule has 0 N–H and O–H groups in total. The molecule has 1 aromatic carbocycles. The maximum Gasteiger partial charge on any atom is 0.229 e. The number of rotatable bonds is 4. The number of amides is 1. The van der Waals surface area contributed by atoms with Crippen molar-refractivity contribution in [2.24, 2.45) is 0 Å². The van der Waals surface area contributed by atoms with Crippen molar-refractivity contribution in [3.8, 4) is 10.6 Å². The minimum atomic E-state index is 0.0899. The van der Waals surface area contributed by atoms with Crippen LogP contribution in [0.3, 0.4) is 0 Å². The van der Waals surface area contributed by atoms with Gasteiger partial charge in [-0.3, -0.25) is 4.79 Å². The molecular weight excluding hydrogens is 358 g/mol. The first-order chi connectivity index (χ1) is 13.0. The molecule has 3 aromatic rings. The maximum atomic E-state index is 12.8. The van der Waals surface area contributed by atoms with Gasteiger partial charge in [-0.1, -0.05) is 44.2 Å². The average molecular weight is 382 g/mol. The largest absolute Gasteiger partial charge is 0.333 e. The number of carbonyl (C=O) groups excluding carboxylic acids is 1. The van der Waals surface area contributed by atoms with Gasteiger partial charge >= 0.3 is 0 Å². The van der Waals surface area contributed by atoms with Crippen LogP contribution in [0.4, 0.5) is 0 Å². The van der Waals surface area contributed by atoms with E-state index in [-0.39, 0.29) is 11.9 Å². The van der Waals surface area contributed by atoms with E-state index in [1.165, 1.54) is 0 Å². The van der Waals surface area contributed by atoms with Crippen LogP contribution in [0.15, 0.2) is 35.7 Å². The summed E-state index contributed by atoms with van der Waals surface area (Å²) in [4.78, 5) is 19.4. The van der Waals surface area contributed by atoms with Crippen LogP contribution in [0.2, 0.25) is 0 Å². The predicted molar refractivity (Wildman–Crippen MR) is 105 cm³/mol. The topological polar surface area (TPSA) is 63.9 Å². The van der Waals surface area contributed by atoms with Gasteiger partial charge in [-0.05, 0) is 6.92 Å². The SMILES string of the molecule is CC(C)c1nnc2n1[C@@H](C)CN(C(=O)Cc1csc(-c3ccccc3)n1)C2. The van der Waals surface area contributed by atoms with E-state index in [1.807, 2.05) is 40.6 Å². The number of fused-ring (bicyclic) bond motifs is 1. The molecule has 2 aromatic heterocycles. The molecule has 1 aliphatic heterocycles. The smallest absolute Gasteiger partial charge is 0.229 e. The van der Waals surface area contributed by atoms with Crippen LogP contribution in [0.1, 0.15) is 50.1 Å². The third-order valence-electron chi connectivity index (χ3n) is 4.82. The minimum Gasteiger partial charge on any atom is -0.333 e. The second-order valence-corrected chi connectivity index (χ2v) is 8.17. The highest BCUT2D eigenvalue weighted by Gasteiger charge is 2.30. The average Bonchev–Trinajstić information content (AvgIpc) is 3.29. The number of benzene rings is 1. The van der Waals surface area contributed by atoms with Crippen molar-refractivity contribution in [1.82, 2.24) is 24.6 Å². The highest BCUT2D eigenvalue weighted by Crippen LogP contribution is 2.27. The highest BCUT2D eigenvalue weighted by molar-refractivity contribution is 7.13. The van der Waals surface area contributed by atoms with Crippen molar-refractivity contribution in [3.63, 3.8) is 0 Å². The van der Waals surface area contributed by atoms with E-state index in [9.17, 15) is 4.79 Å². The summed E-state index contributed by atoms with van der Waals surface area (Å²) in [7, 11) is 0. The van der Waals surface area contributed by atoms with Crippen molar-refractivity contribution in [3.05, 3.63) is 53.1 Å². The molecule has 6 nitrogen and oxygen atoms in total. The van der Waals surface area contributed by atoms with Gasteiger partial charge in [0, 0.05) is 23.4 Å². The van der Waals surface area contributed by atoms with Crippen LogP contribution < -0.4 is 0 Å². The minimum absolute atomic E-state index is 0.0899. The van der Waals surface area contributed by atoms with Gasteiger partial charge in [0.25, 0.3) is 0 Å². The van der Waals surface area contributed by atoms with E-state index >= 15 is 0 Å². The number of hydrogen-bond donors (Lipinski definition) is 0. The quantitative estimate of drug-likeness (QED) is 0.692. The van der Waals surface area contributed by atoms with Gasteiger partial charge in [-0.25, -0.2) is 4.98 Å². The Balaban J connectivity index is 1.47. The zero-order valence-corrected chi connectivity index (χ0v) is 16.6. The fourth-order valence-corrected chi connectivity index (χ4v) is 4.34. The fourth-order valence-electron chi connectivity index (χ4n) is 3.51. The third kappa shape index (κ3) is 3.51. The summed E-state index contributed by atoms with van der Waals surface area (Å²) < 4.78 is 2.19. The summed E-state index contributed by atoms with van der Waals surface area (Å²) in [5.74, 6) is 2.28. The predicted octanol–water partition coefficient (Wildman–Crippen LogP) is 3.67. The number of aromatic nitrogens is 4. The Bertz CT molecular complexity index is 946. The van der Waals surface area contributed by atoms with Crippen molar-refractivity contribution >= 4 is 17.2 Å². The Morgan fingerprint density at radius 1 is 1.26 bits per heavy atom. The van der Waals surface area contributed by atoms with Crippen molar-refractivity contribution < 1.29 is 4.79 Å². The van der Waals surface area contributed by atoms with Crippen LogP contribution in [0.5, 0.6) is 0 Å². The standard InChI is InChI=1S/C20H23N5OS/c1-13(2)19-23-22-17-11-24(10-14(3)25(17)19)18(26)9-16-12-27-20(21-16)15-7-5-4-6-8-15/h4-8,12-14H,9-11H2,1-3H3/t14-/m0/s1. The molecule has 3 heterocycles. The van der Waals surface area contributed by atoms with Crippen LogP contribution in [-0.4, -0.2) is 37.1 Å². The third-order valence-corrected chi connectivity index (χ3v) is 5.76. The Hall–Kier alpha value is -2.54. The van der Waals surface area contributed by atoms with Crippen molar-refractivity contribution in [2.75, 3.05) is 6.54 Å². The molecule has 0 saturated carbocycles. The molecule has 0 bridgehead atoms. The summed E-state index contributed by atoms with van der Waals surface area (Å²) in [5, 5.41) is 11.6. The highest BCUT2D eigenvalue weighted by atomic mass is 32.1. The first-order valence-corrected chi connectivity index (χ1v) is 10.1. The zero-order valence-electron chi connectivity index (χ0n) is 15.8. The van der Waals surface area contributed by atoms with Crippen LogP contribution >= 0.6 is 11.3 Å². The first-order valence-electron chi connectivity index (χ1n) is 9.24. The molecule has 0 spiro atoms. The van der Waals surface area contributed by atoms with Gasteiger partial charge in [0.15, 0.2) is 5.82 Å². The number of hydrogen-bond acceptors (Lipinski definition) is 5. The lowest BCUT2D eigenvalue weighted by Crippen LogP contribution is -2.41. The number of nitrogens with zero attached hydrogens (tertiary/aromatic N) is 5. The lowest BCUT2D eigenvalue weighted by molar-refractivity contribution is -0.132. The summed E-state index contributed by atoms with van der Waals surface area (Å²) in [6.45, 7) is 7.55. The summed E-state index contributed by atoms with van der Waals surface area (Å²) in [6, 6.07) is 10.2. The molecule has 4 rings (SSSR count). The maximum absolute atomic E-state index is 12.8. The molecule has 0 unspecified atom stereocenters. The van der Waals surface area contributed by atoms with E-state index in [1.54, 1.807) is 11.3 Å². The molecule has 1 atom stereocenters. The molecule has 0 saturated heterocycles. The molecule has 7 heteroatoms. The molecule has 1 aliphatic rings. The number of carbonyl (C=O) groups is 1. The lowest BCUT2D eigenvalue weighted by Gasteiger charge is -2.33. The lowest BCUT2D eigenvalue weighted by atomic mass is 10.1. The van der Waals surface area contributed by atoms with E-state index in [0.29, 0.717) is 25.4 Å². The molecule has 140 valence electrons. The van der Waals surface area contributed by atoms with Gasteiger partial charge in [-0.15, -0.1) is 21.5 Å². The van der Waals surface area contributed by atoms with Crippen LogP contribution in [0.25, 0.3) is 10.6 Å². The Morgan fingerprint density at radius 3 is 2.78 bits per heavy atom. The zero-order chi connectivity index (χ0) is 19.0. The van der Waals surface area contributed by atoms with E-state index < -0.39 is 0 Å². The summed E-state index contributed by atoms with van der Waals surface area (Å²) in [5.41, 5.74) is 1.91. The van der Waals surface area contributed by atoms with E-state index in [2.05, 4.69) is 40.5 Å². The van der Waals surface area contributed by atoms with Gasteiger partial charge < -0.3 is 9.47 Å². The van der Waals surface area contributed by atoms with Crippen LogP contribution in [0, 0.1) is 0 Å². The Kier molecular flexibility index (Phi) is 4.78. The van der Waals surface area contributed by atoms with E-state index in [4.69, 9.17) is 0 Å². The fraction of sp³-hybridized carbons (Fsp3) is 0.400. The van der Waals surface area contributed by atoms with Gasteiger partial charge in [0.05, 0.1) is 24.7 Å². The van der Waals surface area contributed by atoms with Crippen molar-refractivity contribution in [2.45, 2.75) is 45.7 Å². The van der Waals surface area contributed by atoms with Gasteiger partial charge in [-0.2, -0.15) is 0 Å². The second-order valence-electron chi connectivity index (χ2n) is 7.31. The molecule has 1 amide bonds. The Labute approximate surface area is 162 Å². The molecule has 0 radical (unpaired) electrons.